The number of likely N-dealkylation sites (tertiary alicyclic amines) is 1. The number of hydrogen-bond donors (Lipinski definition) is 0. The second-order valence-electron chi connectivity index (χ2n) is 5.59. The summed E-state index contributed by atoms with van der Waals surface area (Å²) in [5.74, 6) is 0. The zero-order valence-electron chi connectivity index (χ0n) is 10.9. The molecule has 0 N–H and O–H groups in total. The van der Waals surface area contributed by atoms with Gasteiger partial charge < -0.3 is 9.80 Å². The molecule has 1 aromatic carbocycles. The van der Waals surface area contributed by atoms with Crippen LogP contribution in [0.15, 0.2) is 24.3 Å². The van der Waals surface area contributed by atoms with E-state index < -0.39 is 0 Å². The summed E-state index contributed by atoms with van der Waals surface area (Å²) in [5, 5.41) is 0. The average Bonchev–Trinajstić information content (AvgIpc) is 2.65. The lowest BCUT2D eigenvalue weighted by molar-refractivity contribution is 0.174. The van der Waals surface area contributed by atoms with Crippen molar-refractivity contribution >= 4 is 5.69 Å². The van der Waals surface area contributed by atoms with Crippen LogP contribution in [0.2, 0.25) is 0 Å². The fourth-order valence-electron chi connectivity index (χ4n) is 3.60. The lowest BCUT2D eigenvalue weighted by Gasteiger charge is -2.39. The van der Waals surface area contributed by atoms with Crippen LogP contribution in [0.1, 0.15) is 25.3 Å². The van der Waals surface area contributed by atoms with Gasteiger partial charge in [-0.25, -0.2) is 0 Å². The first kappa shape index (κ1) is 11.1. The Kier molecular flexibility index (Phi) is 2.62. The van der Waals surface area contributed by atoms with Crippen molar-refractivity contribution < 1.29 is 0 Å². The normalized spacial score (nSPS) is 23.1. The monoisotopic (exact) mass is 230 g/mol. The Balaban J connectivity index is 1.91. The summed E-state index contributed by atoms with van der Waals surface area (Å²) < 4.78 is 0. The number of rotatable bonds is 1. The number of fused-ring (bicyclic) bond motifs is 2. The fourth-order valence-corrected chi connectivity index (χ4v) is 3.60. The molecule has 1 aromatic rings. The highest BCUT2D eigenvalue weighted by atomic mass is 15.2. The van der Waals surface area contributed by atoms with Crippen LogP contribution < -0.4 is 4.90 Å². The van der Waals surface area contributed by atoms with Gasteiger partial charge in [0.05, 0.1) is 0 Å². The molecule has 17 heavy (non-hydrogen) atoms. The third-order valence-electron chi connectivity index (χ3n) is 4.69. The van der Waals surface area contributed by atoms with Crippen LogP contribution in [0, 0.1) is 0 Å². The van der Waals surface area contributed by atoms with Gasteiger partial charge in [-0.05, 0) is 44.1 Å². The van der Waals surface area contributed by atoms with Gasteiger partial charge in [-0.1, -0.05) is 25.1 Å². The second-order valence-corrected chi connectivity index (χ2v) is 5.59. The smallest absolute Gasteiger partial charge is 0.0402 e. The summed E-state index contributed by atoms with van der Waals surface area (Å²) in [6.07, 6.45) is 2.64. The SMILES string of the molecule is CCN1CCC2(CC1)CN(C)c1ccccc12. The number of likely N-dealkylation sites (N-methyl/N-ethyl adjacent to an activating group) is 1. The summed E-state index contributed by atoms with van der Waals surface area (Å²) in [5.41, 5.74) is 3.49. The fraction of sp³-hybridized carbons (Fsp3) is 0.600. The van der Waals surface area contributed by atoms with Crippen molar-refractivity contribution in [2.75, 3.05) is 38.1 Å². The van der Waals surface area contributed by atoms with Gasteiger partial charge in [0.15, 0.2) is 0 Å². The van der Waals surface area contributed by atoms with Crippen LogP contribution in [-0.4, -0.2) is 38.1 Å². The summed E-state index contributed by atoms with van der Waals surface area (Å²) in [6, 6.07) is 8.98. The number of nitrogens with zero attached hydrogens (tertiary/aromatic N) is 2. The van der Waals surface area contributed by atoms with E-state index in [-0.39, 0.29) is 0 Å². The molecule has 2 heterocycles. The molecule has 92 valence electrons. The topological polar surface area (TPSA) is 6.48 Å². The van der Waals surface area contributed by atoms with E-state index in [1.165, 1.54) is 44.7 Å². The first-order valence-corrected chi connectivity index (χ1v) is 6.78. The van der Waals surface area contributed by atoms with Crippen molar-refractivity contribution in [2.45, 2.75) is 25.2 Å². The van der Waals surface area contributed by atoms with Crippen molar-refractivity contribution in [1.82, 2.24) is 4.90 Å². The molecule has 0 amide bonds. The molecule has 1 spiro atoms. The largest absolute Gasteiger partial charge is 0.373 e. The molecule has 0 aliphatic carbocycles. The Morgan fingerprint density at radius 2 is 1.88 bits per heavy atom. The summed E-state index contributed by atoms with van der Waals surface area (Å²) in [7, 11) is 2.24. The maximum absolute atomic E-state index is 2.58. The quantitative estimate of drug-likeness (QED) is 0.731. The third-order valence-corrected chi connectivity index (χ3v) is 4.69. The minimum Gasteiger partial charge on any atom is -0.373 e. The number of hydrogen-bond acceptors (Lipinski definition) is 2. The molecule has 0 radical (unpaired) electrons. The van der Waals surface area contributed by atoms with E-state index in [1.807, 2.05) is 0 Å². The van der Waals surface area contributed by atoms with E-state index in [0.717, 1.165) is 0 Å². The highest BCUT2D eigenvalue weighted by Crippen LogP contribution is 2.46. The van der Waals surface area contributed by atoms with Gasteiger partial charge in [-0.3, -0.25) is 0 Å². The molecular weight excluding hydrogens is 208 g/mol. The second kappa shape index (κ2) is 4.02. The summed E-state index contributed by atoms with van der Waals surface area (Å²) in [6.45, 7) is 7.21. The number of piperidine rings is 1. The van der Waals surface area contributed by atoms with E-state index >= 15 is 0 Å². The van der Waals surface area contributed by atoms with E-state index in [9.17, 15) is 0 Å². The molecule has 1 saturated heterocycles. The lowest BCUT2D eigenvalue weighted by Crippen LogP contribution is -2.44. The van der Waals surface area contributed by atoms with Gasteiger partial charge in [0.25, 0.3) is 0 Å². The van der Waals surface area contributed by atoms with E-state index in [0.29, 0.717) is 5.41 Å². The lowest BCUT2D eigenvalue weighted by atomic mass is 9.74. The Labute approximate surface area is 104 Å². The maximum atomic E-state index is 2.58. The number of anilines is 1. The first-order chi connectivity index (χ1) is 8.25. The van der Waals surface area contributed by atoms with Crippen LogP contribution in [0.4, 0.5) is 5.69 Å². The van der Waals surface area contributed by atoms with Crippen LogP contribution in [0.3, 0.4) is 0 Å². The number of para-hydroxylation sites is 1. The summed E-state index contributed by atoms with van der Waals surface area (Å²) in [4.78, 5) is 5.02. The predicted molar refractivity (Wildman–Crippen MR) is 72.7 cm³/mol. The molecule has 0 atom stereocenters. The Hall–Kier alpha value is -1.02. The summed E-state index contributed by atoms with van der Waals surface area (Å²) >= 11 is 0. The van der Waals surface area contributed by atoms with Gasteiger partial charge in [0, 0.05) is 24.7 Å². The van der Waals surface area contributed by atoms with Gasteiger partial charge in [-0.2, -0.15) is 0 Å². The molecule has 0 aromatic heterocycles. The minimum atomic E-state index is 0.441. The van der Waals surface area contributed by atoms with Gasteiger partial charge >= 0.3 is 0 Å². The predicted octanol–water partition coefficient (Wildman–Crippen LogP) is 2.49. The zero-order chi connectivity index (χ0) is 11.9. The molecule has 2 heteroatoms. The molecule has 3 rings (SSSR count). The maximum Gasteiger partial charge on any atom is 0.0402 e. The molecule has 0 unspecified atom stereocenters. The van der Waals surface area contributed by atoms with Crippen molar-refractivity contribution in [3.8, 4) is 0 Å². The third kappa shape index (κ3) is 1.66. The van der Waals surface area contributed by atoms with Gasteiger partial charge in [0.1, 0.15) is 0 Å². The van der Waals surface area contributed by atoms with Crippen LogP contribution in [0.5, 0.6) is 0 Å². The van der Waals surface area contributed by atoms with Gasteiger partial charge in [-0.15, -0.1) is 0 Å². The highest BCUT2D eigenvalue weighted by Gasteiger charge is 2.42. The molecule has 2 aliphatic rings. The first-order valence-electron chi connectivity index (χ1n) is 6.78. The van der Waals surface area contributed by atoms with Crippen LogP contribution in [0.25, 0.3) is 0 Å². The molecule has 2 aliphatic heterocycles. The average molecular weight is 230 g/mol. The van der Waals surface area contributed by atoms with Crippen molar-refractivity contribution in [1.29, 1.82) is 0 Å². The van der Waals surface area contributed by atoms with Crippen molar-refractivity contribution in [3.05, 3.63) is 29.8 Å². The van der Waals surface area contributed by atoms with Crippen LogP contribution >= 0.6 is 0 Å². The van der Waals surface area contributed by atoms with E-state index in [4.69, 9.17) is 0 Å². The Morgan fingerprint density at radius 3 is 2.59 bits per heavy atom. The Morgan fingerprint density at radius 1 is 1.18 bits per heavy atom. The molecule has 1 fully saturated rings. The Bertz CT molecular complexity index is 405. The molecule has 2 nitrogen and oxygen atoms in total. The molecular formula is C15H22N2. The van der Waals surface area contributed by atoms with E-state index in [1.54, 1.807) is 5.56 Å². The molecule has 0 bridgehead atoms. The molecule has 0 saturated carbocycles. The zero-order valence-corrected chi connectivity index (χ0v) is 10.9. The van der Waals surface area contributed by atoms with Gasteiger partial charge in [0.2, 0.25) is 0 Å². The van der Waals surface area contributed by atoms with E-state index in [2.05, 4.69) is 48.0 Å². The minimum absolute atomic E-state index is 0.441. The standard InChI is InChI=1S/C15H22N2/c1-3-17-10-8-15(9-11-17)12-16(2)14-7-5-4-6-13(14)15/h4-7H,3,8-12H2,1-2H3. The van der Waals surface area contributed by atoms with Crippen LogP contribution in [-0.2, 0) is 5.41 Å². The van der Waals surface area contributed by atoms with Crippen molar-refractivity contribution in [3.63, 3.8) is 0 Å². The highest BCUT2D eigenvalue weighted by molar-refractivity contribution is 5.62. The number of benzene rings is 1. The van der Waals surface area contributed by atoms with Crippen molar-refractivity contribution in [2.24, 2.45) is 0 Å².